The molecule has 0 radical (unpaired) electrons. The molecule has 4 heterocycles. The summed E-state index contributed by atoms with van der Waals surface area (Å²) >= 11 is 1.19. The van der Waals surface area contributed by atoms with Crippen molar-refractivity contribution in [3.05, 3.63) is 17.5 Å². The van der Waals surface area contributed by atoms with Gasteiger partial charge in [-0.25, -0.2) is 27.2 Å². The molecule has 1 aromatic rings. The number of hydrogen-bond acceptors (Lipinski definition) is 11. The van der Waals surface area contributed by atoms with Crippen LogP contribution in [0.2, 0.25) is 0 Å². The first kappa shape index (κ1) is 29.2. The molecule has 2 N–H and O–H groups in total. The maximum absolute atomic E-state index is 13.2. The summed E-state index contributed by atoms with van der Waals surface area (Å²) in [6, 6.07) is -4.52. The Morgan fingerprint density at radius 2 is 1.92 bits per heavy atom. The number of nitrogens with zero attached hydrogens (tertiary/aromatic N) is 4. The standard InChI is InChI=1S/C19H24N6O9S2.Na/c1-8-7-9(22-34-8)10(21-17(30)23-5-6-24(18(23)31)36(4,32)33)13(26)20-11-14(27)25-12(16(28)29)19(2,3)35-15(11)25;/h7,10-12,15H,5-6H2,1-4H3,(H,20,26)(H,21,30)(H,28,29);/q;+1/p-1/t10?,11-,12+,15-;/m1./s1. The van der Waals surface area contributed by atoms with Gasteiger partial charge in [0.25, 0.3) is 0 Å². The number of urea groups is 2. The monoisotopic (exact) mass is 566 g/mol. The molecule has 6 amide bonds. The zero-order valence-corrected chi connectivity index (χ0v) is 24.2. The van der Waals surface area contributed by atoms with E-state index < -0.39 is 68.1 Å². The second kappa shape index (κ2) is 10.1. The van der Waals surface area contributed by atoms with Crippen molar-refractivity contribution in [3.63, 3.8) is 0 Å². The summed E-state index contributed by atoms with van der Waals surface area (Å²) in [5.74, 6) is -2.58. The molecule has 0 bridgehead atoms. The molecule has 37 heavy (non-hydrogen) atoms. The first-order valence-corrected chi connectivity index (χ1v) is 13.4. The van der Waals surface area contributed by atoms with E-state index in [1.807, 2.05) is 0 Å². The van der Waals surface area contributed by atoms with Gasteiger partial charge in [-0.1, -0.05) is 5.16 Å². The molecular weight excluding hydrogens is 543 g/mol. The third-order valence-electron chi connectivity index (χ3n) is 6.05. The Morgan fingerprint density at radius 1 is 1.27 bits per heavy atom. The number of carbonyl (C=O) groups is 5. The fourth-order valence-electron chi connectivity index (χ4n) is 4.37. The Morgan fingerprint density at radius 3 is 2.43 bits per heavy atom. The molecule has 0 saturated carbocycles. The second-order valence-corrected chi connectivity index (χ2v) is 12.8. The van der Waals surface area contributed by atoms with Crippen LogP contribution in [0.25, 0.3) is 0 Å². The molecule has 15 nitrogen and oxygen atoms in total. The number of thioether (sulfide) groups is 1. The molecule has 3 aliphatic rings. The first-order chi connectivity index (χ1) is 16.6. The maximum Gasteiger partial charge on any atom is 1.00 e. The number of aryl methyl sites for hydroxylation is 1. The quantitative estimate of drug-likeness (QED) is 0.246. The summed E-state index contributed by atoms with van der Waals surface area (Å²) in [7, 11) is -3.89. The molecule has 3 saturated heterocycles. The minimum atomic E-state index is -3.89. The predicted molar refractivity (Wildman–Crippen MR) is 119 cm³/mol. The van der Waals surface area contributed by atoms with Gasteiger partial charge in [-0.05, 0) is 20.8 Å². The molecule has 4 atom stereocenters. The van der Waals surface area contributed by atoms with Gasteiger partial charge in [0.1, 0.15) is 22.9 Å². The minimum Gasteiger partial charge on any atom is -0.548 e. The summed E-state index contributed by atoms with van der Waals surface area (Å²) in [5, 5.41) is 19.5. The average Bonchev–Trinajstić information content (AvgIpc) is 3.43. The van der Waals surface area contributed by atoms with Crippen LogP contribution in [0.5, 0.6) is 0 Å². The van der Waals surface area contributed by atoms with Crippen LogP contribution >= 0.6 is 11.8 Å². The zero-order valence-electron chi connectivity index (χ0n) is 20.6. The van der Waals surface area contributed by atoms with Gasteiger partial charge < -0.3 is 30.0 Å². The van der Waals surface area contributed by atoms with Crippen molar-refractivity contribution in [3.8, 4) is 0 Å². The zero-order chi connectivity index (χ0) is 26.7. The molecule has 0 spiro atoms. The van der Waals surface area contributed by atoms with Gasteiger partial charge in [0.15, 0.2) is 6.04 Å². The van der Waals surface area contributed by atoms with Crippen LogP contribution in [-0.4, -0.2) is 99.1 Å². The van der Waals surface area contributed by atoms with Crippen LogP contribution in [0.4, 0.5) is 9.59 Å². The largest absolute Gasteiger partial charge is 1.00 e. The van der Waals surface area contributed by atoms with Gasteiger partial charge in [-0.15, -0.1) is 11.8 Å². The summed E-state index contributed by atoms with van der Waals surface area (Å²) in [6.45, 7) is 4.36. The number of nitrogens with one attached hydrogen (secondary N) is 2. The van der Waals surface area contributed by atoms with Crippen molar-refractivity contribution in [1.29, 1.82) is 0 Å². The van der Waals surface area contributed by atoms with Crippen molar-refractivity contribution in [1.82, 2.24) is 29.9 Å². The average molecular weight is 567 g/mol. The van der Waals surface area contributed by atoms with E-state index in [1.54, 1.807) is 20.8 Å². The van der Waals surface area contributed by atoms with E-state index in [-0.39, 0.29) is 48.3 Å². The number of carboxylic acid groups (broad SMARTS) is 1. The number of carbonyl (C=O) groups excluding carboxylic acids is 5. The number of β-lactam (4-membered cyclic amide) rings is 1. The molecule has 18 heteroatoms. The summed E-state index contributed by atoms with van der Waals surface area (Å²) in [5.41, 5.74) is -0.0272. The summed E-state index contributed by atoms with van der Waals surface area (Å²) in [6.07, 6.45) is 0.826. The first-order valence-electron chi connectivity index (χ1n) is 10.7. The van der Waals surface area contributed by atoms with Gasteiger partial charge in [0.05, 0.1) is 31.4 Å². The van der Waals surface area contributed by atoms with Crippen LogP contribution in [0.15, 0.2) is 10.6 Å². The number of hydrogen-bond donors (Lipinski definition) is 2. The third-order valence-corrected chi connectivity index (χ3v) is 8.76. The number of amides is 6. The van der Waals surface area contributed by atoms with Gasteiger partial charge >= 0.3 is 41.6 Å². The van der Waals surface area contributed by atoms with Crippen LogP contribution in [0.1, 0.15) is 31.3 Å². The Hall–Kier alpha value is -2.34. The Balaban J connectivity index is 0.00000380. The topological polar surface area (TPSA) is 202 Å². The molecule has 4 rings (SSSR count). The van der Waals surface area contributed by atoms with Gasteiger partial charge in [-0.2, -0.15) is 0 Å². The fourth-order valence-corrected chi connectivity index (χ4v) is 6.79. The van der Waals surface area contributed by atoms with Crippen molar-refractivity contribution < 1.29 is 71.6 Å². The number of rotatable bonds is 6. The number of aliphatic carboxylic acids is 1. The molecule has 0 aromatic carbocycles. The molecule has 3 fully saturated rings. The van der Waals surface area contributed by atoms with Crippen molar-refractivity contribution >= 4 is 51.6 Å². The third kappa shape index (κ3) is 5.19. The van der Waals surface area contributed by atoms with E-state index in [2.05, 4.69) is 15.8 Å². The van der Waals surface area contributed by atoms with Gasteiger partial charge in [-0.3, -0.25) is 9.59 Å². The molecule has 1 aromatic heterocycles. The predicted octanol–water partition coefficient (Wildman–Crippen LogP) is -5.27. The van der Waals surface area contributed by atoms with Gasteiger partial charge in [0.2, 0.25) is 21.8 Å². The molecule has 3 aliphatic heterocycles. The molecule has 1 unspecified atom stereocenters. The second-order valence-electron chi connectivity index (χ2n) is 9.08. The smallest absolute Gasteiger partial charge is 0.548 e. The van der Waals surface area contributed by atoms with E-state index in [1.165, 1.54) is 17.8 Å². The van der Waals surface area contributed by atoms with E-state index in [9.17, 15) is 37.5 Å². The molecule has 196 valence electrons. The van der Waals surface area contributed by atoms with Crippen LogP contribution in [0, 0.1) is 6.92 Å². The number of carboxylic acids is 1. The molecular formula is C19H23N6NaO9S2. The van der Waals surface area contributed by atoms with Crippen LogP contribution in [-0.2, 0) is 24.4 Å². The van der Waals surface area contributed by atoms with E-state index >= 15 is 0 Å². The Bertz CT molecular complexity index is 1270. The number of sulfonamides is 1. The number of imide groups is 1. The summed E-state index contributed by atoms with van der Waals surface area (Å²) < 4.78 is 28.1. The van der Waals surface area contributed by atoms with E-state index in [4.69, 9.17) is 4.52 Å². The molecule has 0 aliphatic carbocycles. The van der Waals surface area contributed by atoms with Crippen LogP contribution < -0.4 is 45.3 Å². The fraction of sp³-hybridized carbons (Fsp3) is 0.579. The van der Waals surface area contributed by atoms with Crippen molar-refractivity contribution in [2.45, 2.75) is 49.0 Å². The Kier molecular flexibility index (Phi) is 7.97. The van der Waals surface area contributed by atoms with E-state index in [0.717, 1.165) is 11.2 Å². The van der Waals surface area contributed by atoms with Crippen molar-refractivity contribution in [2.24, 2.45) is 0 Å². The maximum atomic E-state index is 13.2. The number of aromatic nitrogens is 1. The van der Waals surface area contributed by atoms with Gasteiger partial charge in [0, 0.05) is 10.8 Å². The van der Waals surface area contributed by atoms with Crippen molar-refractivity contribution in [2.75, 3.05) is 19.3 Å². The summed E-state index contributed by atoms with van der Waals surface area (Å²) in [4.78, 5) is 64.5. The van der Waals surface area contributed by atoms with Crippen LogP contribution in [0.3, 0.4) is 0 Å². The Labute approximate surface area is 237 Å². The normalized spacial score (nSPS) is 25.2. The van der Waals surface area contributed by atoms with E-state index in [0.29, 0.717) is 15.0 Å². The minimum absolute atomic E-state index is 0. The SMILES string of the molecule is Cc1cc(C(NC(=O)N2CCN(S(C)(=O)=O)C2=O)C(=O)N[C@@H]2C(=O)N3[C@@H]2SC(C)(C)[C@@H]3C(=O)[O-])no1.[Na+]. The number of fused-ring (bicyclic) bond motifs is 1.